The van der Waals surface area contributed by atoms with Crippen LogP contribution < -0.4 is 15.6 Å². The molecule has 2 heterocycles. The highest BCUT2D eigenvalue weighted by molar-refractivity contribution is 7.17. The molecule has 0 unspecified atom stereocenters. The lowest BCUT2D eigenvalue weighted by Crippen LogP contribution is -2.41. The number of nitrogens with zero attached hydrogens (tertiary/aromatic N) is 1. The largest absolute Gasteiger partial charge is 0.496 e. The van der Waals surface area contributed by atoms with Crippen molar-refractivity contribution in [3.05, 3.63) is 58.3 Å². The van der Waals surface area contributed by atoms with Gasteiger partial charge in [-0.2, -0.15) is 0 Å². The molecule has 3 aromatic rings. The number of aromatic nitrogens is 1. The number of carbonyl (C=O) groups excluding carboxylic acids is 2. The van der Waals surface area contributed by atoms with Gasteiger partial charge in [-0.3, -0.25) is 20.4 Å². The van der Waals surface area contributed by atoms with Gasteiger partial charge in [0.1, 0.15) is 11.5 Å². The normalized spacial score (nSPS) is 10.4. The first-order valence-corrected chi connectivity index (χ1v) is 8.59. The topological polar surface area (TPSA) is 93.5 Å². The Morgan fingerprint density at radius 3 is 2.50 bits per heavy atom. The van der Waals surface area contributed by atoms with E-state index in [-0.39, 0.29) is 0 Å². The zero-order valence-electron chi connectivity index (χ0n) is 14.5. The summed E-state index contributed by atoms with van der Waals surface area (Å²) in [6, 6.07) is 10.3. The fourth-order valence-electron chi connectivity index (χ4n) is 2.50. The Hall–Kier alpha value is -3.13. The van der Waals surface area contributed by atoms with E-state index in [9.17, 15) is 9.59 Å². The molecule has 26 heavy (non-hydrogen) atoms. The highest BCUT2D eigenvalue weighted by atomic mass is 32.1. The van der Waals surface area contributed by atoms with Crippen LogP contribution in [0.25, 0.3) is 10.4 Å². The van der Waals surface area contributed by atoms with Gasteiger partial charge < -0.3 is 9.26 Å². The van der Waals surface area contributed by atoms with Gasteiger partial charge in [0.15, 0.2) is 0 Å². The summed E-state index contributed by atoms with van der Waals surface area (Å²) in [7, 11) is 1.48. The number of para-hydroxylation sites is 1. The predicted octanol–water partition coefficient (Wildman–Crippen LogP) is 3.10. The molecule has 134 valence electrons. The van der Waals surface area contributed by atoms with E-state index in [2.05, 4.69) is 16.0 Å². The minimum absolute atomic E-state index is 0.331. The minimum Gasteiger partial charge on any atom is -0.496 e. The summed E-state index contributed by atoms with van der Waals surface area (Å²) >= 11 is 1.29. The zero-order chi connectivity index (χ0) is 18.7. The number of amides is 2. The van der Waals surface area contributed by atoms with Crippen LogP contribution in [0.5, 0.6) is 5.75 Å². The molecule has 0 fully saturated rings. The van der Waals surface area contributed by atoms with Crippen LogP contribution in [0, 0.1) is 13.8 Å². The standard InChI is InChI=1S/C18H17N3O4S/c1-10-16(11(2)25-21-10)14-8-9-15(26-14)18(23)20-19-17(22)12-6-4-5-7-13(12)24-3/h4-9H,1-3H3,(H,19,22)(H,20,23). The van der Waals surface area contributed by atoms with Crippen molar-refractivity contribution in [3.8, 4) is 16.2 Å². The Morgan fingerprint density at radius 1 is 1.08 bits per heavy atom. The highest BCUT2D eigenvalue weighted by Gasteiger charge is 2.17. The molecule has 0 atom stereocenters. The lowest BCUT2D eigenvalue weighted by molar-refractivity contribution is 0.0847. The number of ether oxygens (including phenoxy) is 1. The quantitative estimate of drug-likeness (QED) is 0.688. The maximum atomic E-state index is 12.3. The molecule has 3 rings (SSSR count). The maximum Gasteiger partial charge on any atom is 0.279 e. The van der Waals surface area contributed by atoms with Crippen LogP contribution in [0.2, 0.25) is 0 Å². The van der Waals surface area contributed by atoms with E-state index in [0.29, 0.717) is 22.0 Å². The molecule has 0 spiro atoms. The van der Waals surface area contributed by atoms with Crippen molar-refractivity contribution in [1.29, 1.82) is 0 Å². The van der Waals surface area contributed by atoms with Crippen molar-refractivity contribution in [2.45, 2.75) is 13.8 Å². The summed E-state index contributed by atoms with van der Waals surface area (Å²) in [6.45, 7) is 3.67. The molecule has 0 aliphatic carbocycles. The fourth-order valence-corrected chi connectivity index (χ4v) is 3.55. The SMILES string of the molecule is COc1ccccc1C(=O)NNC(=O)c1ccc(-c2c(C)noc2C)s1. The van der Waals surface area contributed by atoms with E-state index in [1.54, 1.807) is 30.3 Å². The Labute approximate surface area is 153 Å². The van der Waals surface area contributed by atoms with E-state index >= 15 is 0 Å². The lowest BCUT2D eigenvalue weighted by atomic mass is 10.2. The van der Waals surface area contributed by atoms with E-state index in [1.807, 2.05) is 19.9 Å². The molecule has 0 saturated carbocycles. The van der Waals surface area contributed by atoms with Crippen LogP contribution in [-0.4, -0.2) is 24.1 Å². The number of hydrazine groups is 1. The van der Waals surface area contributed by atoms with Gasteiger partial charge in [0.25, 0.3) is 11.8 Å². The summed E-state index contributed by atoms with van der Waals surface area (Å²) in [6.07, 6.45) is 0. The molecule has 0 saturated heterocycles. The smallest absolute Gasteiger partial charge is 0.279 e. The third kappa shape index (κ3) is 3.45. The van der Waals surface area contributed by atoms with E-state index < -0.39 is 11.8 Å². The predicted molar refractivity (Wildman–Crippen MR) is 97.2 cm³/mol. The Balaban J connectivity index is 1.69. The molecule has 0 bridgehead atoms. The van der Waals surface area contributed by atoms with Crippen LogP contribution >= 0.6 is 11.3 Å². The first kappa shape index (κ1) is 17.7. The molecule has 1 aromatic carbocycles. The van der Waals surface area contributed by atoms with Crippen molar-refractivity contribution >= 4 is 23.2 Å². The van der Waals surface area contributed by atoms with Crippen molar-refractivity contribution in [1.82, 2.24) is 16.0 Å². The first-order chi connectivity index (χ1) is 12.5. The van der Waals surface area contributed by atoms with E-state index in [4.69, 9.17) is 9.26 Å². The van der Waals surface area contributed by atoms with Crippen LogP contribution in [0.1, 0.15) is 31.5 Å². The molecule has 0 aliphatic heterocycles. The van der Waals surface area contributed by atoms with Gasteiger partial charge in [-0.05, 0) is 38.1 Å². The van der Waals surface area contributed by atoms with E-state index in [0.717, 1.165) is 16.1 Å². The number of aryl methyl sites for hydroxylation is 2. The Kier molecular flexibility index (Phi) is 5.04. The van der Waals surface area contributed by atoms with Crippen molar-refractivity contribution in [3.63, 3.8) is 0 Å². The number of carbonyl (C=O) groups is 2. The third-order valence-corrected chi connectivity index (χ3v) is 4.85. The van der Waals surface area contributed by atoms with Gasteiger partial charge in [-0.15, -0.1) is 11.3 Å². The van der Waals surface area contributed by atoms with Crippen LogP contribution in [0.3, 0.4) is 0 Å². The third-order valence-electron chi connectivity index (χ3n) is 3.75. The van der Waals surface area contributed by atoms with Crippen molar-refractivity contribution in [2.24, 2.45) is 0 Å². The van der Waals surface area contributed by atoms with E-state index in [1.165, 1.54) is 18.4 Å². The molecular weight excluding hydrogens is 354 g/mol. The molecule has 2 amide bonds. The Morgan fingerprint density at radius 2 is 1.81 bits per heavy atom. The maximum absolute atomic E-state index is 12.3. The van der Waals surface area contributed by atoms with Crippen LogP contribution in [0.15, 0.2) is 40.9 Å². The summed E-state index contributed by atoms with van der Waals surface area (Å²) < 4.78 is 10.3. The summed E-state index contributed by atoms with van der Waals surface area (Å²) in [5.41, 5.74) is 6.79. The van der Waals surface area contributed by atoms with Gasteiger partial charge in [0.05, 0.1) is 28.8 Å². The molecule has 7 nitrogen and oxygen atoms in total. The van der Waals surface area contributed by atoms with Crippen LogP contribution in [0.4, 0.5) is 0 Å². The molecular formula is C18H17N3O4S. The van der Waals surface area contributed by atoms with Crippen molar-refractivity contribution in [2.75, 3.05) is 7.11 Å². The molecule has 2 N–H and O–H groups in total. The number of rotatable bonds is 4. The average molecular weight is 371 g/mol. The molecule has 0 aliphatic rings. The summed E-state index contributed by atoms with van der Waals surface area (Å²) in [5, 5.41) is 3.92. The second-order valence-corrected chi connectivity index (χ2v) is 6.56. The summed E-state index contributed by atoms with van der Waals surface area (Å²) in [5.74, 6) is 0.256. The zero-order valence-corrected chi connectivity index (χ0v) is 15.3. The number of hydrogen-bond acceptors (Lipinski definition) is 6. The average Bonchev–Trinajstić information content (AvgIpc) is 3.25. The van der Waals surface area contributed by atoms with Gasteiger partial charge in [-0.1, -0.05) is 17.3 Å². The molecule has 8 heteroatoms. The fraction of sp³-hybridized carbons (Fsp3) is 0.167. The summed E-state index contributed by atoms with van der Waals surface area (Å²) in [4.78, 5) is 25.9. The minimum atomic E-state index is -0.460. The van der Waals surface area contributed by atoms with Gasteiger partial charge >= 0.3 is 0 Å². The number of nitrogens with one attached hydrogen (secondary N) is 2. The van der Waals surface area contributed by atoms with Gasteiger partial charge in [0, 0.05) is 4.88 Å². The monoisotopic (exact) mass is 371 g/mol. The number of methoxy groups -OCH3 is 1. The van der Waals surface area contributed by atoms with Gasteiger partial charge in [0.2, 0.25) is 0 Å². The van der Waals surface area contributed by atoms with Gasteiger partial charge in [-0.25, -0.2) is 0 Å². The lowest BCUT2D eigenvalue weighted by Gasteiger charge is -2.09. The van der Waals surface area contributed by atoms with Crippen LogP contribution in [-0.2, 0) is 0 Å². The molecule has 2 aromatic heterocycles. The first-order valence-electron chi connectivity index (χ1n) is 7.78. The number of hydrogen-bond donors (Lipinski definition) is 2. The second kappa shape index (κ2) is 7.40. The molecule has 0 radical (unpaired) electrons. The highest BCUT2D eigenvalue weighted by Crippen LogP contribution is 2.32. The Bertz CT molecular complexity index is 942. The number of thiophene rings is 1. The second-order valence-electron chi connectivity index (χ2n) is 5.47. The van der Waals surface area contributed by atoms with Crippen molar-refractivity contribution < 1.29 is 18.8 Å². The number of benzene rings is 1.